The van der Waals surface area contributed by atoms with E-state index in [2.05, 4.69) is 15.0 Å². The number of carbonyl (C=O) groups is 1. The van der Waals surface area contributed by atoms with Crippen LogP contribution in [0.4, 0.5) is 4.39 Å². The molecule has 0 atom stereocenters. The molecule has 1 aromatic heterocycles. The van der Waals surface area contributed by atoms with Gasteiger partial charge < -0.3 is 9.88 Å². The van der Waals surface area contributed by atoms with Gasteiger partial charge in [-0.2, -0.15) is 0 Å². The molecule has 7 nitrogen and oxygen atoms in total. The standard InChI is InChI=1S/C23H23FN4O3S/c1-16-25-12-13-28(16)22-10-4-18(14-21(22)24)15-26-23(29)11-5-17-2-8-20(9-3-17)32(30,31)27-19-6-7-19/h2-5,8-14,19,27H,6-7,15H2,1H3,(H,26,29)/b11-5+. The highest BCUT2D eigenvalue weighted by atomic mass is 32.2. The van der Waals surface area contributed by atoms with Gasteiger partial charge >= 0.3 is 0 Å². The van der Waals surface area contributed by atoms with Crippen molar-refractivity contribution < 1.29 is 17.6 Å². The van der Waals surface area contributed by atoms with Gasteiger partial charge in [0.25, 0.3) is 0 Å². The summed E-state index contributed by atoms with van der Waals surface area (Å²) in [5, 5.41) is 2.71. The van der Waals surface area contributed by atoms with Crippen LogP contribution in [-0.2, 0) is 21.4 Å². The summed E-state index contributed by atoms with van der Waals surface area (Å²) < 4.78 is 43.1. The Hall–Kier alpha value is -3.30. The van der Waals surface area contributed by atoms with Crippen LogP contribution in [0.3, 0.4) is 0 Å². The number of aromatic nitrogens is 2. The predicted molar refractivity (Wildman–Crippen MR) is 119 cm³/mol. The minimum atomic E-state index is -3.50. The molecular formula is C23H23FN4O3S. The third-order valence-corrected chi connectivity index (χ3v) is 6.62. The Morgan fingerprint density at radius 2 is 1.97 bits per heavy atom. The summed E-state index contributed by atoms with van der Waals surface area (Å²) in [6, 6.07) is 11.1. The number of aryl methyl sites for hydroxylation is 1. The molecule has 2 aromatic carbocycles. The summed E-state index contributed by atoms with van der Waals surface area (Å²) in [7, 11) is -3.50. The van der Waals surface area contributed by atoms with Crippen LogP contribution in [-0.4, -0.2) is 29.9 Å². The van der Waals surface area contributed by atoms with Crippen LogP contribution in [0.5, 0.6) is 0 Å². The van der Waals surface area contributed by atoms with E-state index < -0.39 is 15.8 Å². The number of hydrogen-bond donors (Lipinski definition) is 2. The van der Waals surface area contributed by atoms with Gasteiger partial charge in [0.1, 0.15) is 11.6 Å². The minimum absolute atomic E-state index is 0.0444. The molecule has 1 saturated carbocycles. The molecule has 0 saturated heterocycles. The van der Waals surface area contributed by atoms with Crippen LogP contribution in [0, 0.1) is 12.7 Å². The van der Waals surface area contributed by atoms with Crippen molar-refractivity contribution in [2.24, 2.45) is 0 Å². The van der Waals surface area contributed by atoms with Crippen molar-refractivity contribution in [3.63, 3.8) is 0 Å². The lowest BCUT2D eigenvalue weighted by atomic mass is 10.2. The van der Waals surface area contributed by atoms with E-state index in [4.69, 9.17) is 0 Å². The van der Waals surface area contributed by atoms with Crippen LogP contribution >= 0.6 is 0 Å². The van der Waals surface area contributed by atoms with Gasteiger partial charge in [-0.3, -0.25) is 4.79 Å². The quantitative estimate of drug-likeness (QED) is 0.512. The Morgan fingerprint density at radius 1 is 1.22 bits per heavy atom. The first kappa shape index (κ1) is 21.9. The van der Waals surface area contributed by atoms with Crippen molar-refractivity contribution in [2.75, 3.05) is 0 Å². The van der Waals surface area contributed by atoms with Crippen LogP contribution in [0.15, 0.2) is 65.8 Å². The summed E-state index contributed by atoms with van der Waals surface area (Å²) in [4.78, 5) is 16.4. The van der Waals surface area contributed by atoms with Crippen molar-refractivity contribution in [2.45, 2.75) is 37.2 Å². The number of hydrogen-bond acceptors (Lipinski definition) is 4. The molecule has 9 heteroatoms. The van der Waals surface area contributed by atoms with Crippen molar-refractivity contribution in [1.82, 2.24) is 19.6 Å². The zero-order valence-electron chi connectivity index (χ0n) is 17.5. The lowest BCUT2D eigenvalue weighted by Crippen LogP contribution is -2.25. The monoisotopic (exact) mass is 454 g/mol. The Kier molecular flexibility index (Phi) is 6.20. The summed E-state index contributed by atoms with van der Waals surface area (Å²) in [5.41, 5.74) is 1.72. The fourth-order valence-electron chi connectivity index (χ4n) is 3.16. The van der Waals surface area contributed by atoms with Crippen LogP contribution < -0.4 is 10.0 Å². The van der Waals surface area contributed by atoms with Gasteiger partial charge in [0.05, 0.1) is 10.6 Å². The van der Waals surface area contributed by atoms with Crippen molar-refractivity contribution in [3.8, 4) is 5.69 Å². The van der Waals surface area contributed by atoms with Crippen LogP contribution in [0.2, 0.25) is 0 Å². The number of imidazole rings is 1. The second-order valence-corrected chi connectivity index (χ2v) is 9.36. The average Bonchev–Trinajstić information content (AvgIpc) is 3.47. The van der Waals surface area contributed by atoms with Crippen molar-refractivity contribution in [3.05, 3.63) is 83.7 Å². The maximum absolute atomic E-state index is 14.5. The van der Waals surface area contributed by atoms with E-state index in [1.165, 1.54) is 24.3 Å². The topological polar surface area (TPSA) is 93.1 Å². The molecule has 1 amide bonds. The van der Waals surface area contributed by atoms with Crippen LogP contribution in [0.1, 0.15) is 29.8 Å². The largest absolute Gasteiger partial charge is 0.348 e. The Balaban J connectivity index is 1.33. The molecule has 4 rings (SSSR count). The zero-order valence-corrected chi connectivity index (χ0v) is 18.3. The third kappa shape index (κ3) is 5.30. The Labute approximate surface area is 186 Å². The first-order valence-corrected chi connectivity index (χ1v) is 11.7. The smallest absolute Gasteiger partial charge is 0.244 e. The summed E-state index contributed by atoms with van der Waals surface area (Å²) in [6.45, 7) is 1.96. The number of halogens is 1. The SMILES string of the molecule is Cc1nccn1-c1ccc(CNC(=O)/C=C/c2ccc(S(=O)(=O)NC3CC3)cc2)cc1F. The fraction of sp³-hybridized carbons (Fsp3) is 0.217. The first-order chi connectivity index (χ1) is 15.3. The van der Waals surface area contributed by atoms with Gasteiger partial charge in [0.15, 0.2) is 0 Å². The molecule has 1 fully saturated rings. The van der Waals surface area contributed by atoms with Crippen molar-refractivity contribution in [1.29, 1.82) is 0 Å². The van der Waals surface area contributed by atoms with E-state index >= 15 is 0 Å². The molecule has 0 aliphatic heterocycles. The Morgan fingerprint density at radius 3 is 2.59 bits per heavy atom. The normalized spacial score (nSPS) is 14.1. The molecule has 0 radical (unpaired) electrons. The molecule has 1 aliphatic rings. The molecule has 1 heterocycles. The highest BCUT2D eigenvalue weighted by molar-refractivity contribution is 7.89. The third-order valence-electron chi connectivity index (χ3n) is 5.08. The van der Waals surface area contributed by atoms with E-state index in [0.29, 0.717) is 22.6 Å². The molecule has 1 aliphatic carbocycles. The van der Waals surface area contributed by atoms with Gasteiger partial charge in [-0.1, -0.05) is 18.2 Å². The van der Waals surface area contributed by atoms with E-state index in [0.717, 1.165) is 12.8 Å². The van der Waals surface area contributed by atoms with E-state index in [-0.39, 0.29) is 23.4 Å². The summed E-state index contributed by atoms with van der Waals surface area (Å²) in [5.74, 6) is -0.0634. The minimum Gasteiger partial charge on any atom is -0.348 e. The number of nitrogens with one attached hydrogen (secondary N) is 2. The second kappa shape index (κ2) is 9.05. The number of nitrogens with zero attached hydrogens (tertiary/aromatic N) is 2. The number of amides is 1. The first-order valence-electron chi connectivity index (χ1n) is 10.2. The Bertz CT molecular complexity index is 1260. The highest BCUT2D eigenvalue weighted by Gasteiger charge is 2.27. The van der Waals surface area contributed by atoms with Gasteiger partial charge in [0.2, 0.25) is 15.9 Å². The number of carbonyl (C=O) groups excluding carboxylic acids is 1. The number of sulfonamides is 1. The maximum atomic E-state index is 14.5. The van der Waals surface area contributed by atoms with E-state index in [1.54, 1.807) is 54.2 Å². The second-order valence-electron chi connectivity index (χ2n) is 7.65. The summed E-state index contributed by atoms with van der Waals surface area (Å²) >= 11 is 0. The maximum Gasteiger partial charge on any atom is 0.244 e. The molecular weight excluding hydrogens is 431 g/mol. The lowest BCUT2D eigenvalue weighted by Gasteiger charge is -2.09. The van der Waals surface area contributed by atoms with Gasteiger partial charge in [-0.25, -0.2) is 22.5 Å². The lowest BCUT2D eigenvalue weighted by molar-refractivity contribution is -0.116. The summed E-state index contributed by atoms with van der Waals surface area (Å²) in [6.07, 6.45) is 7.97. The van der Waals surface area contributed by atoms with Gasteiger partial charge in [-0.05, 0) is 61.2 Å². The van der Waals surface area contributed by atoms with Crippen LogP contribution in [0.25, 0.3) is 11.8 Å². The van der Waals surface area contributed by atoms with Gasteiger partial charge in [0, 0.05) is 31.1 Å². The molecule has 32 heavy (non-hydrogen) atoms. The number of rotatable bonds is 8. The molecule has 166 valence electrons. The van der Waals surface area contributed by atoms with Crippen molar-refractivity contribution >= 4 is 22.0 Å². The molecule has 3 aromatic rings. The predicted octanol–water partition coefficient (Wildman–Crippen LogP) is 3.09. The van der Waals surface area contributed by atoms with E-state index in [1.807, 2.05) is 0 Å². The molecule has 2 N–H and O–H groups in total. The average molecular weight is 455 g/mol. The number of benzene rings is 2. The zero-order chi connectivity index (χ0) is 22.7. The molecule has 0 spiro atoms. The van der Waals surface area contributed by atoms with E-state index in [9.17, 15) is 17.6 Å². The fourth-order valence-corrected chi connectivity index (χ4v) is 4.46. The van der Waals surface area contributed by atoms with Gasteiger partial charge in [-0.15, -0.1) is 0 Å². The molecule has 0 unspecified atom stereocenters. The molecule has 0 bridgehead atoms. The highest BCUT2D eigenvalue weighted by Crippen LogP contribution is 2.22.